The Labute approximate surface area is 141 Å². The van der Waals surface area contributed by atoms with Crippen LogP contribution in [0.5, 0.6) is 0 Å². The number of hydrogen-bond donors (Lipinski definition) is 1. The van der Waals surface area contributed by atoms with Crippen molar-refractivity contribution in [3.63, 3.8) is 0 Å². The maximum atomic E-state index is 11.6. The second-order valence-electron chi connectivity index (χ2n) is 4.96. The van der Waals surface area contributed by atoms with Crippen molar-refractivity contribution in [1.29, 1.82) is 0 Å². The number of carbonyl (C=O) groups is 1. The minimum Gasteiger partial charge on any atom is -0.460 e. The summed E-state index contributed by atoms with van der Waals surface area (Å²) in [6, 6.07) is 0. The smallest absolute Gasteiger partial charge is 0.460 e. The molecule has 8 heteroatoms. The van der Waals surface area contributed by atoms with Gasteiger partial charge < -0.3 is 9.63 Å². The molecular weight excluding hydrogens is 375 g/mol. The normalized spacial score (nSPS) is 15.1. The molecule has 2 unspecified atom stereocenters. The zero-order valence-electron chi connectivity index (χ0n) is 13.3. The second-order valence-corrected chi connectivity index (χ2v) is 7.71. The van der Waals surface area contributed by atoms with Crippen molar-refractivity contribution in [3.8, 4) is 0 Å². The molecule has 0 rings (SSSR count). The van der Waals surface area contributed by atoms with Crippen LogP contribution in [0.3, 0.4) is 0 Å². The minimum atomic E-state index is -4.12. The molecule has 0 aromatic heterocycles. The molecule has 0 saturated heterocycles. The third kappa shape index (κ3) is 12.4. The lowest BCUT2D eigenvalue weighted by atomic mass is 10.1. The molecule has 130 valence electrons. The number of phosphoric acid groups is 1. The molecule has 1 N–H and O–H groups in total. The number of unbranched alkanes of at least 4 members (excludes halogenated alkanes) is 3. The largest absolute Gasteiger partial charge is 0.472 e. The van der Waals surface area contributed by atoms with Crippen molar-refractivity contribution >= 4 is 29.7 Å². The molecule has 0 amide bonds. The van der Waals surface area contributed by atoms with Crippen molar-refractivity contribution in [2.75, 3.05) is 19.8 Å². The van der Waals surface area contributed by atoms with Gasteiger partial charge in [0.1, 0.15) is 6.61 Å². The van der Waals surface area contributed by atoms with Gasteiger partial charge in [0.05, 0.1) is 13.2 Å². The first-order valence-electron chi connectivity index (χ1n) is 7.37. The molecule has 0 bridgehead atoms. The molecule has 6 nitrogen and oxygen atoms in total. The van der Waals surface area contributed by atoms with Crippen LogP contribution in [-0.2, 0) is 23.1 Å². The Bertz CT molecular complexity index is 388. The number of hydrogen-bond acceptors (Lipinski definition) is 5. The summed E-state index contributed by atoms with van der Waals surface area (Å²) < 4.78 is 25.9. The van der Waals surface area contributed by atoms with E-state index in [9.17, 15) is 14.3 Å². The van der Waals surface area contributed by atoms with Crippen LogP contribution in [0.1, 0.15) is 46.0 Å². The van der Waals surface area contributed by atoms with Gasteiger partial charge in [-0.1, -0.05) is 55.1 Å². The molecule has 0 fully saturated rings. The SMILES string of the molecule is C=C(C)C(=O)OCCOP(=O)(O)OCC(Br)CCCCCC. The summed E-state index contributed by atoms with van der Waals surface area (Å²) in [4.78, 5) is 20.6. The summed E-state index contributed by atoms with van der Waals surface area (Å²) in [6.07, 6.45) is 5.40. The van der Waals surface area contributed by atoms with E-state index in [2.05, 4.69) is 29.4 Å². The molecule has 0 aromatic carbocycles. The first-order valence-corrected chi connectivity index (χ1v) is 9.78. The van der Waals surface area contributed by atoms with Gasteiger partial charge in [0.2, 0.25) is 0 Å². The van der Waals surface area contributed by atoms with Gasteiger partial charge >= 0.3 is 13.8 Å². The van der Waals surface area contributed by atoms with Crippen LogP contribution in [0.2, 0.25) is 0 Å². The van der Waals surface area contributed by atoms with Crippen molar-refractivity contribution in [3.05, 3.63) is 12.2 Å². The summed E-state index contributed by atoms with van der Waals surface area (Å²) in [5.41, 5.74) is 0.258. The molecule has 0 aliphatic rings. The quantitative estimate of drug-likeness (QED) is 0.165. The lowest BCUT2D eigenvalue weighted by Crippen LogP contribution is -2.12. The molecule has 0 aromatic rings. The second kappa shape index (κ2) is 12.3. The fraction of sp³-hybridized carbons (Fsp3) is 0.786. The van der Waals surface area contributed by atoms with Gasteiger partial charge in [0.15, 0.2) is 0 Å². The van der Waals surface area contributed by atoms with Gasteiger partial charge in [-0.15, -0.1) is 0 Å². The highest BCUT2D eigenvalue weighted by Crippen LogP contribution is 2.43. The van der Waals surface area contributed by atoms with E-state index in [-0.39, 0.29) is 30.2 Å². The highest BCUT2D eigenvalue weighted by atomic mass is 79.9. The van der Waals surface area contributed by atoms with Gasteiger partial charge in [0.25, 0.3) is 0 Å². The van der Waals surface area contributed by atoms with E-state index < -0.39 is 13.8 Å². The van der Waals surface area contributed by atoms with Gasteiger partial charge in [-0.2, -0.15) is 0 Å². The zero-order valence-corrected chi connectivity index (χ0v) is 15.7. The Kier molecular flexibility index (Phi) is 12.1. The van der Waals surface area contributed by atoms with E-state index in [1.165, 1.54) is 19.8 Å². The highest BCUT2D eigenvalue weighted by Gasteiger charge is 2.22. The third-order valence-electron chi connectivity index (χ3n) is 2.71. The minimum absolute atomic E-state index is 0.00896. The Morgan fingerprint density at radius 3 is 2.55 bits per heavy atom. The van der Waals surface area contributed by atoms with E-state index in [0.717, 1.165) is 19.3 Å². The van der Waals surface area contributed by atoms with Gasteiger partial charge in [-0.05, 0) is 13.3 Å². The summed E-state index contributed by atoms with van der Waals surface area (Å²) >= 11 is 3.41. The maximum absolute atomic E-state index is 11.6. The first kappa shape index (κ1) is 21.8. The fourth-order valence-corrected chi connectivity index (χ4v) is 2.91. The molecule has 22 heavy (non-hydrogen) atoms. The Balaban J connectivity index is 3.78. The summed E-state index contributed by atoms with van der Waals surface area (Å²) in [5, 5.41) is 0. The monoisotopic (exact) mass is 400 g/mol. The van der Waals surface area contributed by atoms with Gasteiger partial charge in [-0.3, -0.25) is 9.05 Å². The zero-order chi connectivity index (χ0) is 17.0. The van der Waals surface area contributed by atoms with E-state index in [1.54, 1.807) is 0 Å². The van der Waals surface area contributed by atoms with E-state index >= 15 is 0 Å². The summed E-state index contributed by atoms with van der Waals surface area (Å²) in [7, 11) is -4.12. The average Bonchev–Trinajstić information content (AvgIpc) is 2.46. The van der Waals surface area contributed by atoms with Crippen LogP contribution in [0.4, 0.5) is 0 Å². The van der Waals surface area contributed by atoms with Crippen LogP contribution in [0.25, 0.3) is 0 Å². The summed E-state index contributed by atoms with van der Waals surface area (Å²) in [5.74, 6) is -0.565. The number of alkyl halides is 1. The number of carbonyl (C=O) groups excluding carboxylic acids is 1. The predicted molar refractivity (Wildman–Crippen MR) is 89.0 cm³/mol. The van der Waals surface area contributed by atoms with Crippen LogP contribution >= 0.6 is 23.8 Å². The fourth-order valence-electron chi connectivity index (χ4n) is 1.50. The predicted octanol–water partition coefficient (Wildman–Crippen LogP) is 3.97. The summed E-state index contributed by atoms with van der Waals surface area (Å²) in [6.45, 7) is 6.82. The Hall–Kier alpha value is -0.200. The first-order chi connectivity index (χ1) is 10.3. The Morgan fingerprint density at radius 1 is 1.27 bits per heavy atom. The molecule has 0 heterocycles. The average molecular weight is 401 g/mol. The molecule has 0 saturated carbocycles. The number of ether oxygens (including phenoxy) is 1. The molecule has 0 aliphatic carbocycles. The highest BCUT2D eigenvalue weighted by molar-refractivity contribution is 9.09. The number of esters is 1. The van der Waals surface area contributed by atoms with Crippen molar-refractivity contribution in [2.45, 2.75) is 50.8 Å². The van der Waals surface area contributed by atoms with Crippen LogP contribution < -0.4 is 0 Å². The van der Waals surface area contributed by atoms with Crippen molar-refractivity contribution < 1.29 is 28.0 Å². The molecule has 0 radical (unpaired) electrons. The van der Waals surface area contributed by atoms with Crippen molar-refractivity contribution in [2.24, 2.45) is 0 Å². The number of halogens is 1. The lowest BCUT2D eigenvalue weighted by molar-refractivity contribution is -0.139. The third-order valence-corrected chi connectivity index (χ3v) is 4.42. The van der Waals surface area contributed by atoms with E-state index in [1.807, 2.05) is 0 Å². The lowest BCUT2D eigenvalue weighted by Gasteiger charge is -2.15. The number of rotatable bonds is 13. The van der Waals surface area contributed by atoms with Crippen LogP contribution in [0, 0.1) is 0 Å². The molecular formula is C14H26BrO6P. The van der Waals surface area contributed by atoms with Crippen molar-refractivity contribution in [1.82, 2.24) is 0 Å². The van der Waals surface area contributed by atoms with Crippen LogP contribution in [-0.4, -0.2) is 35.5 Å². The van der Waals surface area contributed by atoms with E-state index in [0.29, 0.717) is 0 Å². The Morgan fingerprint density at radius 2 is 1.95 bits per heavy atom. The van der Waals surface area contributed by atoms with E-state index in [4.69, 9.17) is 13.8 Å². The molecule has 0 spiro atoms. The van der Waals surface area contributed by atoms with Crippen LogP contribution in [0.15, 0.2) is 12.2 Å². The molecule has 2 atom stereocenters. The standard InChI is InChI=1S/C14H26BrO6P/c1-4-5-6-7-8-13(15)11-21-22(17,18)20-10-9-19-14(16)12(2)3/h13H,2,4-11H2,1,3H3,(H,17,18). The topological polar surface area (TPSA) is 82.1 Å². The molecule has 0 aliphatic heterocycles. The maximum Gasteiger partial charge on any atom is 0.472 e. The van der Waals surface area contributed by atoms with Gasteiger partial charge in [-0.25, -0.2) is 9.36 Å². The van der Waals surface area contributed by atoms with Gasteiger partial charge in [0, 0.05) is 10.4 Å². The number of phosphoric ester groups is 1.